The smallest absolute Gasteiger partial charge is 0.330 e. The number of rotatable bonds is 8. The zero-order valence-corrected chi connectivity index (χ0v) is 14.8. The molecule has 1 rings (SSSR count). The predicted octanol–water partition coefficient (Wildman–Crippen LogP) is 3.95. The molecule has 0 aliphatic carbocycles. The van der Waals surface area contributed by atoms with Crippen molar-refractivity contribution in [3.05, 3.63) is 36.1 Å². The van der Waals surface area contributed by atoms with Crippen LogP contribution in [-0.2, 0) is 9.53 Å². The normalized spacial score (nSPS) is 17.8. The molecule has 4 heteroatoms. The first-order valence-corrected chi connectivity index (χ1v) is 8.41. The van der Waals surface area contributed by atoms with Gasteiger partial charge >= 0.3 is 5.97 Å². The molecule has 0 amide bonds. The lowest BCUT2D eigenvalue weighted by molar-refractivity contribution is -0.148. The van der Waals surface area contributed by atoms with Crippen LogP contribution in [0.4, 0.5) is 0 Å². The van der Waals surface area contributed by atoms with Gasteiger partial charge < -0.3 is 10.1 Å². The van der Waals surface area contributed by atoms with Crippen molar-refractivity contribution in [3.63, 3.8) is 0 Å². The number of allylic oxidation sites excluding steroid dienone is 2. The molecule has 128 valence electrons. The fraction of sp³-hybridized carbons (Fsp3) is 0.579. The molecule has 0 radical (unpaired) electrons. The number of nitrogens with zero attached hydrogens (tertiary/aromatic N) is 1. The Kier molecular flexibility index (Phi) is 8.56. The number of aliphatic imine (C=N–C) groups is 1. The average molecular weight is 318 g/mol. The summed E-state index contributed by atoms with van der Waals surface area (Å²) in [5.74, 6) is -0.281. The molecule has 0 fully saturated rings. The van der Waals surface area contributed by atoms with Crippen LogP contribution in [0.5, 0.6) is 0 Å². The molecule has 1 N–H and O–H groups in total. The largest absolute Gasteiger partial charge is 0.457 e. The van der Waals surface area contributed by atoms with Gasteiger partial charge in [-0.15, -0.1) is 0 Å². The van der Waals surface area contributed by atoms with Crippen LogP contribution in [0.1, 0.15) is 53.4 Å². The number of hydrogen-bond acceptors (Lipinski definition) is 4. The second kappa shape index (κ2) is 10.2. The van der Waals surface area contributed by atoms with Gasteiger partial charge in [0.15, 0.2) is 0 Å². The molecule has 0 saturated heterocycles. The van der Waals surface area contributed by atoms with Gasteiger partial charge in [-0.2, -0.15) is 0 Å². The van der Waals surface area contributed by atoms with Crippen LogP contribution in [0.3, 0.4) is 0 Å². The van der Waals surface area contributed by atoms with E-state index in [0.717, 1.165) is 32.2 Å². The van der Waals surface area contributed by atoms with Gasteiger partial charge in [-0.3, -0.25) is 4.99 Å². The van der Waals surface area contributed by atoms with Crippen LogP contribution < -0.4 is 5.32 Å². The third-order valence-corrected chi connectivity index (χ3v) is 3.24. The van der Waals surface area contributed by atoms with Crippen molar-refractivity contribution in [3.8, 4) is 0 Å². The molecule has 0 aromatic rings. The lowest BCUT2D eigenvalue weighted by Gasteiger charge is -2.18. The van der Waals surface area contributed by atoms with Gasteiger partial charge in [-0.05, 0) is 58.2 Å². The van der Waals surface area contributed by atoms with E-state index in [-0.39, 0.29) is 5.97 Å². The maximum Gasteiger partial charge on any atom is 0.330 e. The lowest BCUT2D eigenvalue weighted by atomic mass is 10.0. The molecular formula is C19H30N2O2. The molecule has 1 heterocycles. The van der Waals surface area contributed by atoms with Crippen LogP contribution >= 0.6 is 0 Å². The number of carbonyl (C=O) groups is 1. The first kappa shape index (κ1) is 19.4. The Hall–Kier alpha value is -1.68. The predicted molar refractivity (Wildman–Crippen MR) is 96.6 cm³/mol. The van der Waals surface area contributed by atoms with Gasteiger partial charge in [-0.1, -0.05) is 19.1 Å². The van der Waals surface area contributed by atoms with E-state index in [0.29, 0.717) is 6.04 Å². The van der Waals surface area contributed by atoms with Gasteiger partial charge in [-0.25, -0.2) is 4.79 Å². The first-order chi connectivity index (χ1) is 10.9. The summed E-state index contributed by atoms with van der Waals surface area (Å²) >= 11 is 0. The minimum Gasteiger partial charge on any atom is -0.457 e. The molecule has 0 aromatic carbocycles. The second-order valence-corrected chi connectivity index (χ2v) is 6.69. The first-order valence-electron chi connectivity index (χ1n) is 8.41. The van der Waals surface area contributed by atoms with Gasteiger partial charge in [0.1, 0.15) is 5.60 Å². The van der Waals surface area contributed by atoms with E-state index >= 15 is 0 Å². The molecular weight excluding hydrogens is 288 g/mol. The van der Waals surface area contributed by atoms with Crippen molar-refractivity contribution in [2.45, 2.75) is 65.0 Å². The molecule has 4 nitrogen and oxygen atoms in total. The Labute approximate surface area is 140 Å². The summed E-state index contributed by atoms with van der Waals surface area (Å²) in [5.41, 5.74) is 0.847. The van der Waals surface area contributed by atoms with Crippen LogP contribution in [0.15, 0.2) is 41.1 Å². The highest BCUT2D eigenvalue weighted by atomic mass is 16.6. The lowest BCUT2D eigenvalue weighted by Crippen LogP contribution is -2.29. The highest BCUT2D eigenvalue weighted by Crippen LogP contribution is 2.11. The quantitative estimate of drug-likeness (QED) is 0.544. The monoisotopic (exact) mass is 318 g/mol. The Bertz CT molecular complexity index is 482. The molecule has 1 aliphatic heterocycles. The Balaban J connectivity index is 2.48. The zero-order chi connectivity index (χ0) is 17.1. The third kappa shape index (κ3) is 9.84. The van der Waals surface area contributed by atoms with Crippen molar-refractivity contribution in [1.29, 1.82) is 0 Å². The number of carbonyl (C=O) groups excluding carboxylic acids is 1. The van der Waals surface area contributed by atoms with E-state index in [1.807, 2.05) is 45.3 Å². The van der Waals surface area contributed by atoms with Crippen LogP contribution in [0.25, 0.3) is 0 Å². The number of esters is 1. The maximum absolute atomic E-state index is 11.7. The van der Waals surface area contributed by atoms with Crippen LogP contribution in [-0.4, -0.2) is 30.4 Å². The SMILES string of the molecule is CCCN[C@@H](C/C=C\C(=O)OC(C)(C)C)C/C=C1\C=CN=CC1. The van der Waals surface area contributed by atoms with Crippen LogP contribution in [0.2, 0.25) is 0 Å². The summed E-state index contributed by atoms with van der Waals surface area (Å²) in [6.45, 7) is 8.75. The summed E-state index contributed by atoms with van der Waals surface area (Å²) in [4.78, 5) is 15.8. The summed E-state index contributed by atoms with van der Waals surface area (Å²) in [7, 11) is 0. The van der Waals surface area contributed by atoms with Gasteiger partial charge in [0, 0.05) is 31.0 Å². The van der Waals surface area contributed by atoms with Gasteiger partial charge in [0.05, 0.1) is 0 Å². The fourth-order valence-corrected chi connectivity index (χ4v) is 2.15. The summed E-state index contributed by atoms with van der Waals surface area (Å²) in [5, 5.41) is 3.53. The molecule has 0 unspecified atom stereocenters. The Morgan fingerprint density at radius 1 is 1.43 bits per heavy atom. The highest BCUT2D eigenvalue weighted by molar-refractivity contribution is 5.82. The van der Waals surface area contributed by atoms with Crippen molar-refractivity contribution in [2.24, 2.45) is 4.99 Å². The van der Waals surface area contributed by atoms with Gasteiger partial charge in [0.25, 0.3) is 0 Å². The molecule has 0 bridgehead atoms. The Morgan fingerprint density at radius 2 is 2.22 bits per heavy atom. The standard InChI is InChI=1S/C19H30N2O2/c1-5-13-21-17(10-9-16-11-14-20-15-12-16)7-6-8-18(22)23-19(2,3)4/h6,8-9,11,14-15,17,21H,5,7,10,12-13H2,1-4H3/b8-6-,16-9+/t17-/m0/s1. The molecule has 0 saturated carbocycles. The molecule has 1 aliphatic rings. The fourth-order valence-electron chi connectivity index (χ4n) is 2.15. The van der Waals surface area contributed by atoms with E-state index < -0.39 is 5.60 Å². The van der Waals surface area contributed by atoms with E-state index in [1.165, 1.54) is 11.6 Å². The number of nitrogens with one attached hydrogen (secondary N) is 1. The Morgan fingerprint density at radius 3 is 2.83 bits per heavy atom. The maximum atomic E-state index is 11.7. The van der Waals surface area contributed by atoms with E-state index in [4.69, 9.17) is 4.74 Å². The summed E-state index contributed by atoms with van der Waals surface area (Å²) in [6.07, 6.45) is 15.2. The average Bonchev–Trinajstić information content (AvgIpc) is 2.48. The van der Waals surface area contributed by atoms with Crippen molar-refractivity contribution >= 4 is 12.2 Å². The minimum absolute atomic E-state index is 0.281. The third-order valence-electron chi connectivity index (χ3n) is 3.24. The highest BCUT2D eigenvalue weighted by Gasteiger charge is 2.14. The second-order valence-electron chi connectivity index (χ2n) is 6.69. The summed E-state index contributed by atoms with van der Waals surface area (Å²) in [6, 6.07) is 0.327. The zero-order valence-electron chi connectivity index (χ0n) is 14.8. The summed E-state index contributed by atoms with van der Waals surface area (Å²) < 4.78 is 5.27. The topological polar surface area (TPSA) is 50.7 Å². The van der Waals surface area contributed by atoms with E-state index in [1.54, 1.807) is 0 Å². The van der Waals surface area contributed by atoms with Crippen molar-refractivity contribution < 1.29 is 9.53 Å². The molecule has 1 atom stereocenters. The minimum atomic E-state index is -0.444. The molecule has 0 spiro atoms. The van der Waals surface area contributed by atoms with E-state index in [2.05, 4.69) is 23.3 Å². The number of hydrogen-bond donors (Lipinski definition) is 1. The molecule has 23 heavy (non-hydrogen) atoms. The van der Waals surface area contributed by atoms with Crippen LogP contribution in [0, 0.1) is 0 Å². The van der Waals surface area contributed by atoms with Gasteiger partial charge in [0.2, 0.25) is 0 Å². The van der Waals surface area contributed by atoms with E-state index in [9.17, 15) is 4.79 Å². The van der Waals surface area contributed by atoms with Crippen molar-refractivity contribution in [1.82, 2.24) is 5.32 Å². The number of ether oxygens (including phenoxy) is 1. The molecule has 0 aromatic heterocycles. The van der Waals surface area contributed by atoms with Crippen molar-refractivity contribution in [2.75, 3.05) is 6.54 Å².